The van der Waals surface area contributed by atoms with Gasteiger partial charge in [-0.05, 0) is 5.57 Å². The minimum atomic E-state index is -0.522. The number of methoxy groups -OCH3 is 1. The van der Waals surface area contributed by atoms with Crippen molar-refractivity contribution in [2.75, 3.05) is 20.2 Å². The van der Waals surface area contributed by atoms with E-state index < -0.39 is 11.9 Å². The van der Waals surface area contributed by atoms with Gasteiger partial charge < -0.3 is 4.74 Å². The van der Waals surface area contributed by atoms with Crippen molar-refractivity contribution in [2.45, 2.75) is 0 Å². The van der Waals surface area contributed by atoms with E-state index in [2.05, 4.69) is 17.9 Å². The number of carbonyl (C=O) groups is 1. The molecule has 4 heteroatoms. The lowest BCUT2D eigenvalue weighted by molar-refractivity contribution is 0.134. The highest BCUT2D eigenvalue weighted by molar-refractivity contribution is 5.70. The third kappa shape index (κ3) is 1.84. The largest absolute Gasteiger partial charge is 0.453 e. The van der Waals surface area contributed by atoms with Crippen molar-refractivity contribution in [3.63, 3.8) is 0 Å². The molecular weight excluding hydrogens is 185 g/mol. The number of ether oxygens (including phenoxy) is 1. The monoisotopic (exact) mass is 197 g/mol. The zero-order valence-electron chi connectivity index (χ0n) is 8.05. The minimum Gasteiger partial charge on any atom is -0.453 e. The van der Waals surface area contributed by atoms with E-state index in [1.165, 1.54) is 18.1 Å². The quantitative estimate of drug-likeness (QED) is 0.677. The van der Waals surface area contributed by atoms with Gasteiger partial charge in [0.05, 0.1) is 13.7 Å². The van der Waals surface area contributed by atoms with Crippen LogP contribution in [0.1, 0.15) is 0 Å². The van der Waals surface area contributed by atoms with Gasteiger partial charge in [0.15, 0.2) is 0 Å². The van der Waals surface area contributed by atoms with E-state index in [9.17, 15) is 9.18 Å². The number of carbonyl (C=O) groups excluding carboxylic acids is 1. The van der Waals surface area contributed by atoms with Crippen LogP contribution in [0.5, 0.6) is 0 Å². The van der Waals surface area contributed by atoms with Gasteiger partial charge in [0, 0.05) is 12.1 Å². The van der Waals surface area contributed by atoms with Gasteiger partial charge in [-0.25, -0.2) is 9.18 Å². The summed E-state index contributed by atoms with van der Waals surface area (Å²) in [7, 11) is 1.29. The van der Waals surface area contributed by atoms with Crippen LogP contribution in [0.15, 0.2) is 36.2 Å². The highest BCUT2D eigenvalue weighted by atomic mass is 19.1. The van der Waals surface area contributed by atoms with Crippen LogP contribution in [0.2, 0.25) is 0 Å². The Balaban J connectivity index is 2.81. The number of hydrogen-bond donors (Lipinski definition) is 0. The van der Waals surface area contributed by atoms with Crippen LogP contribution in [0.3, 0.4) is 0 Å². The molecule has 1 aliphatic heterocycles. The zero-order chi connectivity index (χ0) is 10.7. The molecule has 0 aromatic rings. The second kappa shape index (κ2) is 4.09. The Kier molecular flexibility index (Phi) is 3.06. The van der Waals surface area contributed by atoms with Gasteiger partial charge in [-0.1, -0.05) is 19.2 Å². The summed E-state index contributed by atoms with van der Waals surface area (Å²) in [6, 6.07) is 0. The molecule has 1 amide bonds. The van der Waals surface area contributed by atoms with Gasteiger partial charge in [-0.15, -0.1) is 0 Å². The smallest absolute Gasteiger partial charge is 0.410 e. The summed E-state index contributed by atoms with van der Waals surface area (Å²) < 4.78 is 17.4. The van der Waals surface area contributed by atoms with Gasteiger partial charge in [-0.2, -0.15) is 0 Å². The molecule has 1 rings (SSSR count). The Morgan fingerprint density at radius 2 is 2.29 bits per heavy atom. The van der Waals surface area contributed by atoms with Gasteiger partial charge in [0.25, 0.3) is 0 Å². The highest BCUT2D eigenvalue weighted by Crippen LogP contribution is 2.24. The molecule has 0 spiro atoms. The van der Waals surface area contributed by atoms with Crippen molar-refractivity contribution < 1.29 is 13.9 Å². The molecule has 0 saturated heterocycles. The Hall–Kier alpha value is -1.58. The molecule has 1 heterocycles. The molecule has 0 atom stereocenters. The van der Waals surface area contributed by atoms with Crippen molar-refractivity contribution in [3.8, 4) is 0 Å². The fourth-order valence-electron chi connectivity index (χ4n) is 1.36. The number of halogens is 1. The van der Waals surface area contributed by atoms with Crippen molar-refractivity contribution in [2.24, 2.45) is 0 Å². The van der Waals surface area contributed by atoms with E-state index in [0.717, 1.165) is 0 Å². The van der Waals surface area contributed by atoms with Crippen LogP contribution >= 0.6 is 0 Å². The summed E-state index contributed by atoms with van der Waals surface area (Å²) in [5.74, 6) is -0.522. The van der Waals surface area contributed by atoms with E-state index in [1.54, 1.807) is 0 Å². The Morgan fingerprint density at radius 3 is 2.64 bits per heavy atom. The first-order valence-corrected chi connectivity index (χ1v) is 4.12. The molecule has 0 N–H and O–H groups in total. The van der Waals surface area contributed by atoms with Crippen LogP contribution < -0.4 is 0 Å². The second-order valence-electron chi connectivity index (χ2n) is 2.94. The molecule has 0 saturated carbocycles. The average Bonchev–Trinajstić information content (AvgIpc) is 2.60. The molecule has 0 radical (unpaired) electrons. The van der Waals surface area contributed by atoms with Crippen LogP contribution in [-0.4, -0.2) is 31.2 Å². The predicted octanol–water partition coefficient (Wildman–Crippen LogP) is 2.03. The summed E-state index contributed by atoms with van der Waals surface area (Å²) in [6.45, 7) is 7.28. The van der Waals surface area contributed by atoms with E-state index in [-0.39, 0.29) is 6.54 Å². The molecular formula is C10H12FNO2. The van der Waals surface area contributed by atoms with Crippen molar-refractivity contribution in [3.05, 3.63) is 36.2 Å². The molecule has 0 aromatic carbocycles. The Morgan fingerprint density at radius 1 is 1.64 bits per heavy atom. The Labute approximate surface area is 82.1 Å². The fourth-order valence-corrected chi connectivity index (χ4v) is 1.36. The van der Waals surface area contributed by atoms with Gasteiger partial charge in [0.2, 0.25) is 0 Å². The van der Waals surface area contributed by atoms with Crippen LogP contribution in [0, 0.1) is 0 Å². The van der Waals surface area contributed by atoms with Crippen molar-refractivity contribution >= 4 is 6.09 Å². The maximum absolute atomic E-state index is 12.9. The normalized spacial score (nSPS) is 15.7. The average molecular weight is 197 g/mol. The summed E-state index contributed by atoms with van der Waals surface area (Å²) in [4.78, 5) is 12.5. The summed E-state index contributed by atoms with van der Waals surface area (Å²) in [5.41, 5.74) is 1.10. The van der Waals surface area contributed by atoms with E-state index in [1.807, 2.05) is 0 Å². The SMILES string of the molecule is C=CC1=C(C(=C)F)CN(C(=O)OC)C1. The van der Waals surface area contributed by atoms with E-state index in [0.29, 0.717) is 17.7 Å². The third-order valence-electron chi connectivity index (χ3n) is 2.10. The van der Waals surface area contributed by atoms with Gasteiger partial charge >= 0.3 is 6.09 Å². The summed E-state index contributed by atoms with van der Waals surface area (Å²) >= 11 is 0. The topological polar surface area (TPSA) is 29.5 Å². The standard InChI is InChI=1S/C10H12FNO2/c1-4-8-5-12(10(13)14-3)6-9(8)7(2)11/h4H,1-2,5-6H2,3H3. The van der Waals surface area contributed by atoms with Crippen LogP contribution in [0.4, 0.5) is 9.18 Å². The lowest BCUT2D eigenvalue weighted by Crippen LogP contribution is -2.29. The fraction of sp³-hybridized carbons (Fsp3) is 0.300. The first-order valence-electron chi connectivity index (χ1n) is 4.12. The molecule has 1 aliphatic rings. The first kappa shape index (κ1) is 10.5. The molecule has 0 aromatic heterocycles. The van der Waals surface area contributed by atoms with E-state index in [4.69, 9.17) is 0 Å². The van der Waals surface area contributed by atoms with E-state index >= 15 is 0 Å². The summed E-state index contributed by atoms with van der Waals surface area (Å²) in [5, 5.41) is 0. The minimum absolute atomic E-state index is 0.198. The molecule has 0 fully saturated rings. The van der Waals surface area contributed by atoms with Crippen molar-refractivity contribution in [1.82, 2.24) is 4.90 Å². The zero-order valence-corrected chi connectivity index (χ0v) is 8.05. The molecule has 0 aliphatic carbocycles. The Bertz CT molecular complexity index is 320. The molecule has 14 heavy (non-hydrogen) atoms. The number of nitrogens with zero attached hydrogens (tertiary/aromatic N) is 1. The number of amides is 1. The maximum atomic E-state index is 12.9. The van der Waals surface area contributed by atoms with Gasteiger partial charge in [-0.3, -0.25) is 4.90 Å². The summed E-state index contributed by atoms with van der Waals surface area (Å²) in [6.07, 6.45) is 1.06. The number of hydrogen-bond acceptors (Lipinski definition) is 2. The lowest BCUT2D eigenvalue weighted by atomic mass is 10.1. The molecule has 76 valence electrons. The second-order valence-corrected chi connectivity index (χ2v) is 2.94. The van der Waals surface area contributed by atoms with Gasteiger partial charge in [0.1, 0.15) is 5.83 Å². The lowest BCUT2D eigenvalue weighted by Gasteiger charge is -2.13. The predicted molar refractivity (Wildman–Crippen MR) is 51.4 cm³/mol. The maximum Gasteiger partial charge on any atom is 0.410 e. The number of rotatable bonds is 2. The highest BCUT2D eigenvalue weighted by Gasteiger charge is 2.26. The third-order valence-corrected chi connectivity index (χ3v) is 2.10. The first-order chi connectivity index (χ1) is 6.60. The van der Waals surface area contributed by atoms with Crippen LogP contribution in [-0.2, 0) is 4.74 Å². The van der Waals surface area contributed by atoms with Crippen molar-refractivity contribution in [1.29, 1.82) is 0 Å². The van der Waals surface area contributed by atoms with Crippen LogP contribution in [0.25, 0.3) is 0 Å². The molecule has 0 bridgehead atoms. The molecule has 0 unspecified atom stereocenters. The molecule has 3 nitrogen and oxygen atoms in total.